The zero-order valence-electron chi connectivity index (χ0n) is 9.51. The molecule has 0 aliphatic carbocycles. The Kier molecular flexibility index (Phi) is 5.71. The van der Waals surface area contributed by atoms with E-state index in [4.69, 9.17) is 10.00 Å². The van der Waals surface area contributed by atoms with E-state index in [1.54, 1.807) is 0 Å². The zero-order valence-corrected chi connectivity index (χ0v) is 10.3. The summed E-state index contributed by atoms with van der Waals surface area (Å²) in [6.07, 6.45) is 0. The molecule has 4 heteroatoms. The van der Waals surface area contributed by atoms with Crippen LogP contribution in [0.4, 0.5) is 0 Å². The van der Waals surface area contributed by atoms with Gasteiger partial charge in [-0.15, -0.1) is 0 Å². The van der Waals surface area contributed by atoms with E-state index in [9.17, 15) is 5.26 Å². The SMILES string of the molecule is CCO/C(SCC#N)=C(/C#N)c1ccccc1. The number of allylic oxidation sites excluding steroid dienone is 1. The maximum Gasteiger partial charge on any atom is 0.172 e. The first-order chi connectivity index (χ1) is 8.33. The number of hydrogen-bond donors (Lipinski definition) is 0. The van der Waals surface area contributed by atoms with Crippen LogP contribution >= 0.6 is 11.8 Å². The first kappa shape index (κ1) is 13.2. The highest BCUT2D eigenvalue weighted by Crippen LogP contribution is 2.27. The Hall–Kier alpha value is -1.91. The lowest BCUT2D eigenvalue weighted by Crippen LogP contribution is -1.94. The monoisotopic (exact) mass is 244 g/mol. The third-order valence-corrected chi connectivity index (χ3v) is 2.78. The fourth-order valence-corrected chi connectivity index (χ4v) is 1.95. The molecule has 0 N–H and O–H groups in total. The summed E-state index contributed by atoms with van der Waals surface area (Å²) in [5.41, 5.74) is 1.29. The van der Waals surface area contributed by atoms with Gasteiger partial charge in [0, 0.05) is 0 Å². The van der Waals surface area contributed by atoms with Crippen LogP contribution in [0.3, 0.4) is 0 Å². The summed E-state index contributed by atoms with van der Waals surface area (Å²) >= 11 is 1.25. The number of nitriles is 2. The van der Waals surface area contributed by atoms with Gasteiger partial charge in [-0.2, -0.15) is 10.5 Å². The lowest BCUT2D eigenvalue weighted by Gasteiger charge is -2.09. The van der Waals surface area contributed by atoms with Crippen LogP contribution in [-0.2, 0) is 4.74 Å². The predicted octanol–water partition coefficient (Wildman–Crippen LogP) is 3.17. The fraction of sp³-hybridized carbons (Fsp3) is 0.231. The Morgan fingerprint density at radius 2 is 2.00 bits per heavy atom. The molecule has 3 nitrogen and oxygen atoms in total. The van der Waals surface area contributed by atoms with E-state index in [0.717, 1.165) is 5.56 Å². The average molecular weight is 244 g/mol. The summed E-state index contributed by atoms with van der Waals surface area (Å²) in [5, 5.41) is 18.3. The van der Waals surface area contributed by atoms with Crippen molar-refractivity contribution in [2.24, 2.45) is 0 Å². The van der Waals surface area contributed by atoms with Crippen LogP contribution in [0.2, 0.25) is 0 Å². The van der Waals surface area contributed by atoms with E-state index in [1.165, 1.54) is 11.8 Å². The van der Waals surface area contributed by atoms with E-state index in [-0.39, 0.29) is 5.75 Å². The van der Waals surface area contributed by atoms with Crippen molar-refractivity contribution in [2.45, 2.75) is 6.92 Å². The van der Waals surface area contributed by atoms with Crippen LogP contribution in [0.5, 0.6) is 0 Å². The molecule has 1 rings (SSSR count). The molecule has 0 spiro atoms. The maximum absolute atomic E-state index is 9.19. The highest BCUT2D eigenvalue weighted by atomic mass is 32.2. The van der Waals surface area contributed by atoms with Crippen LogP contribution in [0.25, 0.3) is 5.57 Å². The summed E-state index contributed by atoms with van der Waals surface area (Å²) in [7, 11) is 0. The average Bonchev–Trinajstić information content (AvgIpc) is 2.38. The molecule has 0 fully saturated rings. The largest absolute Gasteiger partial charge is 0.486 e. The Balaban J connectivity index is 3.09. The number of ether oxygens (including phenoxy) is 1. The van der Waals surface area contributed by atoms with Crippen LogP contribution in [0.15, 0.2) is 35.4 Å². The van der Waals surface area contributed by atoms with Crippen molar-refractivity contribution in [3.05, 3.63) is 41.0 Å². The second kappa shape index (κ2) is 7.38. The minimum atomic E-state index is 0.271. The van der Waals surface area contributed by atoms with Crippen molar-refractivity contribution in [3.8, 4) is 12.1 Å². The van der Waals surface area contributed by atoms with Crippen LogP contribution in [0, 0.1) is 22.7 Å². The molecule has 0 heterocycles. The quantitative estimate of drug-likeness (QED) is 0.589. The highest BCUT2D eigenvalue weighted by molar-refractivity contribution is 8.03. The molecule has 17 heavy (non-hydrogen) atoms. The molecule has 0 aliphatic rings. The smallest absolute Gasteiger partial charge is 0.172 e. The minimum absolute atomic E-state index is 0.271. The third kappa shape index (κ3) is 3.86. The summed E-state index contributed by atoms with van der Waals surface area (Å²) in [6, 6.07) is 13.5. The van der Waals surface area contributed by atoms with E-state index < -0.39 is 0 Å². The van der Waals surface area contributed by atoms with Crippen molar-refractivity contribution in [2.75, 3.05) is 12.4 Å². The fourth-order valence-electron chi connectivity index (χ4n) is 1.25. The van der Waals surface area contributed by atoms with Gasteiger partial charge in [-0.25, -0.2) is 0 Å². The lowest BCUT2D eigenvalue weighted by molar-refractivity contribution is 0.260. The minimum Gasteiger partial charge on any atom is -0.486 e. The third-order valence-electron chi connectivity index (χ3n) is 1.92. The highest BCUT2D eigenvalue weighted by Gasteiger charge is 2.10. The van der Waals surface area contributed by atoms with Crippen molar-refractivity contribution < 1.29 is 4.74 Å². The van der Waals surface area contributed by atoms with Gasteiger partial charge in [-0.3, -0.25) is 0 Å². The van der Waals surface area contributed by atoms with E-state index in [0.29, 0.717) is 17.3 Å². The topological polar surface area (TPSA) is 56.8 Å². The Morgan fingerprint density at radius 3 is 2.53 bits per heavy atom. The second-order valence-corrected chi connectivity index (χ2v) is 3.97. The van der Waals surface area contributed by atoms with E-state index >= 15 is 0 Å². The van der Waals surface area contributed by atoms with Gasteiger partial charge in [0.1, 0.15) is 11.6 Å². The first-order valence-corrected chi connectivity index (χ1v) is 6.14. The number of benzene rings is 1. The van der Waals surface area contributed by atoms with E-state index in [1.807, 2.05) is 43.3 Å². The maximum atomic E-state index is 9.19. The molecular formula is C13H12N2OS. The molecule has 1 aromatic rings. The summed E-state index contributed by atoms with van der Waals surface area (Å²) < 4.78 is 5.42. The van der Waals surface area contributed by atoms with Gasteiger partial charge in [0.05, 0.1) is 18.4 Å². The lowest BCUT2D eigenvalue weighted by atomic mass is 10.1. The summed E-state index contributed by atoms with van der Waals surface area (Å²) in [6.45, 7) is 2.33. The van der Waals surface area contributed by atoms with E-state index in [2.05, 4.69) is 6.07 Å². The number of nitrogens with zero attached hydrogens (tertiary/aromatic N) is 2. The Labute approximate surface area is 105 Å². The molecule has 86 valence electrons. The Morgan fingerprint density at radius 1 is 1.29 bits per heavy atom. The van der Waals surface area contributed by atoms with Crippen LogP contribution in [0.1, 0.15) is 12.5 Å². The molecule has 0 amide bonds. The number of thioether (sulfide) groups is 1. The van der Waals surface area contributed by atoms with Gasteiger partial charge in [-0.1, -0.05) is 42.1 Å². The van der Waals surface area contributed by atoms with Gasteiger partial charge in [-0.05, 0) is 12.5 Å². The molecule has 0 aliphatic heterocycles. The molecular weight excluding hydrogens is 232 g/mol. The van der Waals surface area contributed by atoms with Crippen molar-refractivity contribution in [1.82, 2.24) is 0 Å². The molecule has 0 saturated heterocycles. The molecule has 0 atom stereocenters. The molecule has 0 saturated carbocycles. The zero-order chi connectivity index (χ0) is 12.5. The van der Waals surface area contributed by atoms with Crippen LogP contribution < -0.4 is 0 Å². The van der Waals surface area contributed by atoms with Gasteiger partial charge < -0.3 is 4.74 Å². The van der Waals surface area contributed by atoms with Crippen molar-refractivity contribution >= 4 is 17.3 Å². The molecule has 0 aromatic heterocycles. The standard InChI is InChI=1S/C13H12N2OS/c1-2-16-13(17-9-8-14)12(10-15)11-6-4-3-5-7-11/h3-7H,2,9H2,1H3/b13-12+. The number of hydrogen-bond acceptors (Lipinski definition) is 4. The first-order valence-electron chi connectivity index (χ1n) is 5.15. The molecule has 1 aromatic carbocycles. The molecule has 0 radical (unpaired) electrons. The summed E-state index contributed by atoms with van der Waals surface area (Å²) in [4.78, 5) is 0. The predicted molar refractivity (Wildman–Crippen MR) is 68.7 cm³/mol. The van der Waals surface area contributed by atoms with Gasteiger partial charge in [0.25, 0.3) is 0 Å². The van der Waals surface area contributed by atoms with Gasteiger partial charge >= 0.3 is 0 Å². The number of rotatable bonds is 5. The summed E-state index contributed by atoms with van der Waals surface area (Å²) in [5.74, 6) is 0.271. The Bertz CT molecular complexity index is 468. The van der Waals surface area contributed by atoms with Crippen molar-refractivity contribution in [1.29, 1.82) is 10.5 Å². The molecule has 0 bridgehead atoms. The van der Waals surface area contributed by atoms with Crippen molar-refractivity contribution in [3.63, 3.8) is 0 Å². The molecule has 0 unspecified atom stereocenters. The van der Waals surface area contributed by atoms with Crippen LogP contribution in [-0.4, -0.2) is 12.4 Å². The van der Waals surface area contributed by atoms with Gasteiger partial charge in [0.15, 0.2) is 5.09 Å². The second-order valence-electron chi connectivity index (χ2n) is 3.02. The normalized spacial score (nSPS) is 11.0. The van der Waals surface area contributed by atoms with Gasteiger partial charge in [0.2, 0.25) is 0 Å².